The van der Waals surface area contributed by atoms with Crippen LogP contribution in [0.2, 0.25) is 0 Å². The molecule has 1 N–H and O–H groups in total. The number of hydrogen-bond acceptors (Lipinski definition) is 3. The van der Waals surface area contributed by atoms with Crippen LogP contribution in [-0.4, -0.2) is 36.2 Å². The maximum atomic E-state index is 5.79. The Balaban J connectivity index is 1.69. The van der Waals surface area contributed by atoms with Gasteiger partial charge >= 0.3 is 0 Å². The molecule has 1 aromatic rings. The van der Waals surface area contributed by atoms with E-state index in [1.54, 1.807) is 0 Å². The van der Waals surface area contributed by atoms with Gasteiger partial charge in [0, 0.05) is 30.2 Å². The number of benzene rings is 1. The zero-order chi connectivity index (χ0) is 14.7. The second kappa shape index (κ2) is 6.80. The third-order valence-electron chi connectivity index (χ3n) is 5.02. The second-order valence-corrected chi connectivity index (χ2v) is 6.37. The number of nitrogens with zero attached hydrogens (tertiary/aromatic N) is 1. The summed E-state index contributed by atoms with van der Waals surface area (Å²) in [4.78, 5) is 2.64. The Morgan fingerprint density at radius 3 is 2.52 bits per heavy atom. The normalized spacial score (nSPS) is 28.0. The first-order chi connectivity index (χ1) is 10.3. The molecule has 0 saturated carbocycles. The SMILES string of the molecule is CCOc1ccccc1CN(CC)C1CC2CCC(C1)N2. The molecule has 2 unspecified atom stereocenters. The molecule has 0 amide bonds. The van der Waals surface area contributed by atoms with Gasteiger partial charge in [-0.15, -0.1) is 0 Å². The Hall–Kier alpha value is -1.06. The fourth-order valence-corrected chi connectivity index (χ4v) is 3.97. The molecule has 1 aromatic carbocycles. The average molecular weight is 288 g/mol. The third-order valence-corrected chi connectivity index (χ3v) is 5.02. The van der Waals surface area contributed by atoms with Crippen molar-refractivity contribution in [3.8, 4) is 5.75 Å². The van der Waals surface area contributed by atoms with Crippen molar-refractivity contribution in [2.45, 2.75) is 64.2 Å². The van der Waals surface area contributed by atoms with Gasteiger partial charge in [0.25, 0.3) is 0 Å². The van der Waals surface area contributed by atoms with Crippen LogP contribution in [0.25, 0.3) is 0 Å². The lowest BCUT2D eigenvalue weighted by molar-refractivity contribution is 0.139. The molecule has 2 atom stereocenters. The van der Waals surface area contributed by atoms with E-state index >= 15 is 0 Å². The lowest BCUT2D eigenvalue weighted by atomic mass is 9.97. The lowest BCUT2D eigenvalue weighted by Crippen LogP contribution is -2.47. The molecule has 3 heteroatoms. The Kier molecular flexibility index (Phi) is 4.81. The molecule has 2 fully saturated rings. The Morgan fingerprint density at radius 2 is 1.86 bits per heavy atom. The Labute approximate surface area is 128 Å². The summed E-state index contributed by atoms with van der Waals surface area (Å²) in [7, 11) is 0. The van der Waals surface area contributed by atoms with Crippen molar-refractivity contribution in [2.75, 3.05) is 13.2 Å². The first-order valence-corrected chi connectivity index (χ1v) is 8.51. The van der Waals surface area contributed by atoms with E-state index in [-0.39, 0.29) is 0 Å². The van der Waals surface area contributed by atoms with Gasteiger partial charge in [-0.05, 0) is 45.2 Å². The zero-order valence-corrected chi connectivity index (χ0v) is 13.3. The first-order valence-electron chi connectivity index (χ1n) is 8.51. The number of rotatable bonds is 6. The molecule has 3 nitrogen and oxygen atoms in total. The van der Waals surface area contributed by atoms with Gasteiger partial charge in [-0.3, -0.25) is 4.90 Å². The fraction of sp³-hybridized carbons (Fsp3) is 0.667. The summed E-state index contributed by atoms with van der Waals surface area (Å²) >= 11 is 0. The monoisotopic (exact) mass is 288 g/mol. The fourth-order valence-electron chi connectivity index (χ4n) is 3.97. The van der Waals surface area contributed by atoms with Crippen molar-refractivity contribution in [3.63, 3.8) is 0 Å². The minimum Gasteiger partial charge on any atom is -0.494 e. The number of ether oxygens (including phenoxy) is 1. The minimum absolute atomic E-state index is 0.725. The second-order valence-electron chi connectivity index (χ2n) is 6.37. The van der Waals surface area contributed by atoms with Crippen LogP contribution in [0.4, 0.5) is 0 Å². The van der Waals surface area contributed by atoms with Crippen LogP contribution in [0.1, 0.15) is 45.1 Å². The summed E-state index contributed by atoms with van der Waals surface area (Å²) in [6.45, 7) is 7.20. The summed E-state index contributed by atoms with van der Waals surface area (Å²) in [6, 6.07) is 10.7. The van der Waals surface area contributed by atoms with Gasteiger partial charge in [-0.25, -0.2) is 0 Å². The van der Waals surface area contributed by atoms with Gasteiger partial charge in [0.1, 0.15) is 5.75 Å². The van der Waals surface area contributed by atoms with Crippen molar-refractivity contribution < 1.29 is 4.74 Å². The molecule has 2 aliphatic heterocycles. The van der Waals surface area contributed by atoms with E-state index in [1.165, 1.54) is 31.2 Å². The maximum Gasteiger partial charge on any atom is 0.123 e. The number of piperidine rings is 1. The molecule has 2 aliphatic rings. The Morgan fingerprint density at radius 1 is 1.14 bits per heavy atom. The molecule has 2 saturated heterocycles. The van der Waals surface area contributed by atoms with Crippen LogP contribution in [0, 0.1) is 0 Å². The zero-order valence-electron chi connectivity index (χ0n) is 13.3. The van der Waals surface area contributed by atoms with Gasteiger partial charge in [-0.1, -0.05) is 25.1 Å². The topological polar surface area (TPSA) is 24.5 Å². The van der Waals surface area contributed by atoms with Gasteiger partial charge in [0.15, 0.2) is 0 Å². The van der Waals surface area contributed by atoms with E-state index in [1.807, 2.05) is 0 Å². The Bertz CT molecular complexity index is 450. The summed E-state index contributed by atoms with van der Waals surface area (Å²) in [5.74, 6) is 1.05. The van der Waals surface area contributed by atoms with E-state index in [0.717, 1.165) is 43.6 Å². The predicted octanol–water partition coefficient (Wildman–Crippen LogP) is 3.19. The maximum absolute atomic E-state index is 5.79. The van der Waals surface area contributed by atoms with Crippen molar-refractivity contribution in [1.82, 2.24) is 10.2 Å². The van der Waals surface area contributed by atoms with Crippen LogP contribution in [0.15, 0.2) is 24.3 Å². The largest absolute Gasteiger partial charge is 0.494 e. The van der Waals surface area contributed by atoms with Gasteiger partial charge in [0.2, 0.25) is 0 Å². The van der Waals surface area contributed by atoms with Crippen LogP contribution in [0.3, 0.4) is 0 Å². The first kappa shape index (κ1) is 14.9. The molecule has 3 rings (SSSR count). The molecule has 0 radical (unpaired) electrons. The number of hydrogen-bond donors (Lipinski definition) is 1. The summed E-state index contributed by atoms with van der Waals surface area (Å²) in [5.41, 5.74) is 1.33. The van der Waals surface area contributed by atoms with E-state index in [4.69, 9.17) is 4.74 Å². The number of para-hydroxylation sites is 1. The van der Waals surface area contributed by atoms with Crippen molar-refractivity contribution in [2.24, 2.45) is 0 Å². The third kappa shape index (κ3) is 3.41. The van der Waals surface area contributed by atoms with E-state index < -0.39 is 0 Å². The molecule has 0 aromatic heterocycles. The smallest absolute Gasteiger partial charge is 0.123 e. The molecular formula is C18H28N2O. The average Bonchev–Trinajstić information content (AvgIpc) is 2.85. The number of nitrogens with one attached hydrogen (secondary N) is 1. The highest BCUT2D eigenvalue weighted by molar-refractivity contribution is 5.33. The highest BCUT2D eigenvalue weighted by Gasteiger charge is 2.35. The highest BCUT2D eigenvalue weighted by atomic mass is 16.5. The number of fused-ring (bicyclic) bond motifs is 2. The predicted molar refractivity (Wildman–Crippen MR) is 86.7 cm³/mol. The van der Waals surface area contributed by atoms with E-state index in [2.05, 4.69) is 48.3 Å². The van der Waals surface area contributed by atoms with Crippen molar-refractivity contribution in [3.05, 3.63) is 29.8 Å². The standard InChI is InChI=1S/C18H28N2O/c1-3-20(17-11-15-9-10-16(12-17)19-15)13-14-7-5-6-8-18(14)21-4-2/h5-8,15-17,19H,3-4,9-13H2,1-2H3. The van der Waals surface area contributed by atoms with Crippen LogP contribution in [-0.2, 0) is 6.54 Å². The quantitative estimate of drug-likeness (QED) is 0.870. The molecule has 2 heterocycles. The minimum atomic E-state index is 0.725. The van der Waals surface area contributed by atoms with Gasteiger partial charge in [-0.2, -0.15) is 0 Å². The van der Waals surface area contributed by atoms with Crippen molar-refractivity contribution in [1.29, 1.82) is 0 Å². The molecular weight excluding hydrogens is 260 g/mol. The van der Waals surface area contributed by atoms with Crippen molar-refractivity contribution >= 4 is 0 Å². The van der Waals surface area contributed by atoms with E-state index in [9.17, 15) is 0 Å². The molecule has 21 heavy (non-hydrogen) atoms. The lowest BCUT2D eigenvalue weighted by Gasteiger charge is -2.37. The van der Waals surface area contributed by atoms with Crippen LogP contribution >= 0.6 is 0 Å². The molecule has 0 aliphatic carbocycles. The highest BCUT2D eigenvalue weighted by Crippen LogP contribution is 2.31. The van der Waals surface area contributed by atoms with Gasteiger partial charge < -0.3 is 10.1 Å². The summed E-state index contributed by atoms with van der Waals surface area (Å²) in [5, 5.41) is 3.74. The summed E-state index contributed by atoms with van der Waals surface area (Å²) in [6.07, 6.45) is 5.35. The van der Waals surface area contributed by atoms with Crippen LogP contribution < -0.4 is 10.1 Å². The van der Waals surface area contributed by atoms with Crippen LogP contribution in [0.5, 0.6) is 5.75 Å². The molecule has 116 valence electrons. The summed E-state index contributed by atoms with van der Waals surface area (Å²) < 4.78 is 5.79. The van der Waals surface area contributed by atoms with Gasteiger partial charge in [0.05, 0.1) is 6.61 Å². The molecule has 2 bridgehead atoms. The molecule has 0 spiro atoms. The van der Waals surface area contributed by atoms with E-state index in [0.29, 0.717) is 0 Å².